The number of fused-ring (bicyclic) bond motifs is 2. The second-order valence-electron chi connectivity index (χ2n) is 8.31. The lowest BCUT2D eigenvalue weighted by Crippen LogP contribution is -2.57. The monoisotopic (exact) mass is 395 g/mol. The van der Waals surface area contributed by atoms with E-state index in [9.17, 15) is 9.59 Å². The zero-order valence-corrected chi connectivity index (χ0v) is 17.3. The van der Waals surface area contributed by atoms with Crippen molar-refractivity contribution in [2.24, 2.45) is 0 Å². The predicted octanol–water partition coefficient (Wildman–Crippen LogP) is 1.81. The van der Waals surface area contributed by atoms with Crippen LogP contribution in [0.15, 0.2) is 24.5 Å². The summed E-state index contributed by atoms with van der Waals surface area (Å²) in [6, 6.07) is 5.04. The van der Waals surface area contributed by atoms with Crippen LogP contribution in [0.2, 0.25) is 0 Å². The van der Waals surface area contributed by atoms with Gasteiger partial charge < -0.3 is 20.5 Å². The molecule has 1 aromatic heterocycles. The normalized spacial score (nSPS) is 18.9. The number of benzene rings is 1. The maximum atomic E-state index is 12.9. The standard InChI is InChI=1S/C22H29N5O2/c1-14-4-5-17(12-15(14)2)20(28)26-16(3)21(29)27-10-7-22(8-11-27)19-18(6-9-25-22)23-13-24-19/h4-5,12-13,16,25H,6-11H2,1-3H3,(H,23,24)(H,26,28)/t16-/m1/s1. The van der Waals surface area contributed by atoms with Gasteiger partial charge in [-0.1, -0.05) is 6.07 Å². The van der Waals surface area contributed by atoms with Crippen molar-refractivity contribution in [2.45, 2.75) is 51.6 Å². The number of amides is 2. The van der Waals surface area contributed by atoms with Gasteiger partial charge in [0.05, 0.1) is 17.6 Å². The maximum Gasteiger partial charge on any atom is 0.251 e. The number of H-pyrrole nitrogens is 1. The molecule has 1 atom stereocenters. The third-order valence-corrected chi connectivity index (χ3v) is 6.43. The summed E-state index contributed by atoms with van der Waals surface area (Å²) in [6.07, 6.45) is 4.38. The predicted molar refractivity (Wildman–Crippen MR) is 111 cm³/mol. The van der Waals surface area contributed by atoms with Gasteiger partial charge in [0.25, 0.3) is 5.91 Å². The second kappa shape index (κ2) is 7.63. The molecule has 0 unspecified atom stereocenters. The van der Waals surface area contributed by atoms with E-state index in [1.807, 2.05) is 30.9 Å². The molecule has 154 valence electrons. The van der Waals surface area contributed by atoms with Crippen molar-refractivity contribution >= 4 is 11.8 Å². The summed E-state index contributed by atoms with van der Waals surface area (Å²) in [4.78, 5) is 35.1. The first-order valence-corrected chi connectivity index (χ1v) is 10.3. The molecule has 2 aliphatic rings. The molecule has 0 saturated carbocycles. The second-order valence-corrected chi connectivity index (χ2v) is 8.31. The van der Waals surface area contributed by atoms with Gasteiger partial charge in [0, 0.05) is 37.3 Å². The molecule has 3 heterocycles. The van der Waals surface area contributed by atoms with Gasteiger partial charge in [0.15, 0.2) is 0 Å². The quantitative estimate of drug-likeness (QED) is 0.739. The van der Waals surface area contributed by atoms with Gasteiger partial charge in [-0.2, -0.15) is 0 Å². The average Bonchev–Trinajstić information content (AvgIpc) is 3.20. The molecule has 1 fully saturated rings. The van der Waals surface area contributed by atoms with Crippen LogP contribution >= 0.6 is 0 Å². The zero-order valence-electron chi connectivity index (χ0n) is 17.3. The molecular formula is C22H29N5O2. The molecule has 1 aromatic carbocycles. The molecule has 4 rings (SSSR count). The highest BCUT2D eigenvalue weighted by atomic mass is 16.2. The Balaban J connectivity index is 1.37. The number of rotatable bonds is 3. The fraction of sp³-hybridized carbons (Fsp3) is 0.500. The number of aryl methyl sites for hydroxylation is 2. The van der Waals surface area contributed by atoms with Gasteiger partial charge in [0.2, 0.25) is 5.91 Å². The molecule has 0 radical (unpaired) electrons. The number of imidazole rings is 1. The van der Waals surface area contributed by atoms with E-state index < -0.39 is 6.04 Å². The average molecular weight is 396 g/mol. The van der Waals surface area contributed by atoms with E-state index >= 15 is 0 Å². The van der Waals surface area contributed by atoms with E-state index in [0.717, 1.165) is 42.6 Å². The van der Waals surface area contributed by atoms with Gasteiger partial charge in [0.1, 0.15) is 6.04 Å². The molecule has 7 heteroatoms. The van der Waals surface area contributed by atoms with Crippen molar-refractivity contribution in [2.75, 3.05) is 19.6 Å². The summed E-state index contributed by atoms with van der Waals surface area (Å²) in [5, 5.41) is 6.50. The Hall–Kier alpha value is -2.67. The number of hydrogen-bond acceptors (Lipinski definition) is 4. The van der Waals surface area contributed by atoms with Crippen molar-refractivity contribution in [1.82, 2.24) is 25.5 Å². The van der Waals surface area contributed by atoms with Crippen LogP contribution < -0.4 is 10.6 Å². The summed E-state index contributed by atoms with van der Waals surface area (Å²) < 4.78 is 0. The first-order chi connectivity index (χ1) is 13.9. The lowest BCUT2D eigenvalue weighted by molar-refractivity contribution is -0.134. The smallest absolute Gasteiger partial charge is 0.251 e. The van der Waals surface area contributed by atoms with Crippen molar-refractivity contribution in [3.05, 3.63) is 52.6 Å². The molecule has 2 aromatic rings. The Labute approximate surface area is 171 Å². The maximum absolute atomic E-state index is 12.9. The molecule has 3 N–H and O–H groups in total. The number of aromatic amines is 1. The first-order valence-electron chi connectivity index (χ1n) is 10.3. The highest BCUT2D eigenvalue weighted by Crippen LogP contribution is 2.35. The van der Waals surface area contributed by atoms with Gasteiger partial charge in [-0.05, 0) is 56.9 Å². The minimum atomic E-state index is -0.557. The Morgan fingerprint density at radius 2 is 1.97 bits per heavy atom. The van der Waals surface area contributed by atoms with Crippen LogP contribution in [0.4, 0.5) is 0 Å². The van der Waals surface area contributed by atoms with Crippen LogP contribution in [-0.4, -0.2) is 52.4 Å². The summed E-state index contributed by atoms with van der Waals surface area (Å²) in [6.45, 7) is 7.99. The lowest BCUT2D eigenvalue weighted by Gasteiger charge is -2.44. The Kier molecular flexibility index (Phi) is 5.17. The van der Waals surface area contributed by atoms with Gasteiger partial charge in [-0.3, -0.25) is 9.59 Å². The van der Waals surface area contributed by atoms with Crippen molar-refractivity contribution in [3.8, 4) is 0 Å². The number of nitrogens with one attached hydrogen (secondary N) is 3. The lowest BCUT2D eigenvalue weighted by atomic mass is 9.80. The van der Waals surface area contributed by atoms with Crippen LogP contribution in [0.5, 0.6) is 0 Å². The fourth-order valence-corrected chi connectivity index (χ4v) is 4.46. The first kappa shape index (κ1) is 19.6. The van der Waals surface area contributed by atoms with E-state index in [2.05, 4.69) is 20.6 Å². The van der Waals surface area contributed by atoms with Crippen molar-refractivity contribution in [1.29, 1.82) is 0 Å². The van der Waals surface area contributed by atoms with Gasteiger partial charge in [-0.25, -0.2) is 4.98 Å². The number of piperidine rings is 1. The minimum absolute atomic E-state index is 0.0323. The Bertz CT molecular complexity index is 927. The molecule has 7 nitrogen and oxygen atoms in total. The number of carbonyl (C=O) groups is 2. The summed E-state index contributed by atoms with van der Waals surface area (Å²) in [5.74, 6) is -0.243. The van der Waals surface area contributed by atoms with E-state index in [1.165, 1.54) is 5.69 Å². The topological polar surface area (TPSA) is 90.1 Å². The largest absolute Gasteiger partial charge is 0.348 e. The Morgan fingerprint density at radius 1 is 1.21 bits per heavy atom. The molecule has 0 aliphatic carbocycles. The highest BCUT2D eigenvalue weighted by Gasteiger charge is 2.42. The number of likely N-dealkylation sites (tertiary alicyclic amines) is 1. The van der Waals surface area contributed by atoms with E-state index in [4.69, 9.17) is 0 Å². The van der Waals surface area contributed by atoms with Gasteiger partial charge >= 0.3 is 0 Å². The minimum Gasteiger partial charge on any atom is -0.348 e. The fourth-order valence-electron chi connectivity index (χ4n) is 4.46. The van der Waals surface area contributed by atoms with E-state index in [1.54, 1.807) is 19.3 Å². The zero-order chi connectivity index (χ0) is 20.6. The van der Waals surface area contributed by atoms with Crippen LogP contribution in [0.25, 0.3) is 0 Å². The van der Waals surface area contributed by atoms with Crippen LogP contribution in [0.3, 0.4) is 0 Å². The third-order valence-electron chi connectivity index (χ3n) is 6.43. The molecule has 1 saturated heterocycles. The number of hydrogen-bond donors (Lipinski definition) is 3. The number of carbonyl (C=O) groups excluding carboxylic acids is 2. The molecule has 1 spiro atoms. The van der Waals surface area contributed by atoms with Crippen LogP contribution in [0, 0.1) is 13.8 Å². The van der Waals surface area contributed by atoms with Crippen LogP contribution in [0.1, 0.15) is 52.6 Å². The van der Waals surface area contributed by atoms with E-state index in [-0.39, 0.29) is 17.4 Å². The van der Waals surface area contributed by atoms with Crippen molar-refractivity contribution in [3.63, 3.8) is 0 Å². The Morgan fingerprint density at radius 3 is 2.69 bits per heavy atom. The third kappa shape index (κ3) is 3.67. The van der Waals surface area contributed by atoms with Gasteiger partial charge in [-0.15, -0.1) is 0 Å². The molecular weight excluding hydrogens is 366 g/mol. The molecule has 29 heavy (non-hydrogen) atoms. The summed E-state index contributed by atoms with van der Waals surface area (Å²) in [5.41, 5.74) is 4.96. The number of nitrogens with zero attached hydrogens (tertiary/aromatic N) is 2. The van der Waals surface area contributed by atoms with E-state index in [0.29, 0.717) is 18.7 Å². The SMILES string of the molecule is Cc1ccc(C(=O)N[C@H](C)C(=O)N2CCC3(CC2)NCCc2[nH]cnc23)cc1C. The highest BCUT2D eigenvalue weighted by molar-refractivity contribution is 5.97. The molecule has 2 amide bonds. The molecule has 0 bridgehead atoms. The summed E-state index contributed by atoms with van der Waals surface area (Å²) in [7, 11) is 0. The number of aromatic nitrogens is 2. The van der Waals surface area contributed by atoms with Crippen molar-refractivity contribution < 1.29 is 9.59 Å². The summed E-state index contributed by atoms with van der Waals surface area (Å²) >= 11 is 0. The van der Waals surface area contributed by atoms with Crippen LogP contribution in [-0.2, 0) is 16.8 Å². The molecule has 2 aliphatic heterocycles.